The first-order chi connectivity index (χ1) is 15.4. The molecule has 0 fully saturated rings. The number of aryl methyl sites for hydroxylation is 1. The Hall–Kier alpha value is -2.81. The summed E-state index contributed by atoms with van der Waals surface area (Å²) in [6, 6.07) is 14.7. The Balaban J connectivity index is 1.58. The van der Waals surface area contributed by atoms with Crippen LogP contribution in [0.15, 0.2) is 63.9 Å². The molecule has 0 bridgehead atoms. The highest BCUT2D eigenvalue weighted by Crippen LogP contribution is 2.24. The predicted molar refractivity (Wildman–Crippen MR) is 132 cm³/mol. The Morgan fingerprint density at radius 1 is 1.22 bits per heavy atom. The monoisotopic (exact) mass is 485 g/mol. The lowest BCUT2D eigenvalue weighted by molar-refractivity contribution is -0.113. The fraction of sp³-hybridized carbons (Fsp3) is 0.174. The van der Waals surface area contributed by atoms with Crippen LogP contribution in [-0.2, 0) is 11.3 Å². The number of rotatable bonds is 7. The molecule has 0 spiro atoms. The standard InChI is InChI=1S/C23H20ClN3O3S2/c1-14-3-6-16(24)11-19(14)25-20(28)13-32-23-26-18-9-10-31-21(18)22(29)27(23)12-15-4-7-17(30-2)8-5-15/h3-11H,12-13H2,1-2H3,(H,25,28). The van der Waals surface area contributed by atoms with E-state index in [2.05, 4.69) is 10.3 Å². The molecule has 0 aliphatic rings. The van der Waals surface area contributed by atoms with Gasteiger partial charge in [-0.1, -0.05) is 41.6 Å². The van der Waals surface area contributed by atoms with Crippen molar-refractivity contribution >= 4 is 56.5 Å². The number of thiophene rings is 1. The SMILES string of the molecule is COc1ccc(Cn2c(SCC(=O)Nc3cc(Cl)ccc3C)nc3ccsc3c2=O)cc1. The van der Waals surface area contributed by atoms with Crippen LogP contribution >= 0.6 is 34.7 Å². The van der Waals surface area contributed by atoms with E-state index >= 15 is 0 Å². The fourth-order valence-electron chi connectivity index (χ4n) is 3.13. The van der Waals surface area contributed by atoms with Gasteiger partial charge in [0.2, 0.25) is 5.91 Å². The molecule has 1 amide bonds. The molecule has 2 heterocycles. The molecule has 0 atom stereocenters. The Bertz CT molecular complexity index is 1330. The molecule has 2 aromatic heterocycles. The number of methoxy groups -OCH3 is 1. The van der Waals surface area contributed by atoms with Gasteiger partial charge < -0.3 is 10.1 Å². The molecule has 0 saturated heterocycles. The number of nitrogens with zero attached hydrogens (tertiary/aromatic N) is 2. The maximum absolute atomic E-state index is 13.1. The molecule has 1 N–H and O–H groups in total. The van der Waals surface area contributed by atoms with Gasteiger partial charge in [0.25, 0.3) is 5.56 Å². The lowest BCUT2D eigenvalue weighted by Gasteiger charge is -2.13. The number of amides is 1. The van der Waals surface area contributed by atoms with Crippen molar-refractivity contribution in [1.29, 1.82) is 0 Å². The Kier molecular flexibility index (Phi) is 6.83. The average Bonchev–Trinajstić information content (AvgIpc) is 3.26. The summed E-state index contributed by atoms with van der Waals surface area (Å²) < 4.78 is 7.42. The molecule has 0 radical (unpaired) electrons. The number of anilines is 1. The average molecular weight is 486 g/mol. The number of ether oxygens (including phenoxy) is 1. The van der Waals surface area contributed by atoms with Gasteiger partial charge in [-0.25, -0.2) is 4.98 Å². The van der Waals surface area contributed by atoms with Crippen LogP contribution in [0, 0.1) is 6.92 Å². The summed E-state index contributed by atoms with van der Waals surface area (Å²) in [7, 11) is 1.61. The molecule has 0 aliphatic heterocycles. The zero-order valence-corrected chi connectivity index (χ0v) is 19.8. The van der Waals surface area contributed by atoms with Crippen LogP contribution in [0.4, 0.5) is 5.69 Å². The molecule has 0 aliphatic carbocycles. The highest BCUT2D eigenvalue weighted by molar-refractivity contribution is 7.99. The van der Waals surface area contributed by atoms with Gasteiger partial charge in [-0.15, -0.1) is 11.3 Å². The zero-order valence-electron chi connectivity index (χ0n) is 17.4. The van der Waals surface area contributed by atoms with Crippen molar-refractivity contribution < 1.29 is 9.53 Å². The fourth-order valence-corrected chi connectivity index (χ4v) is 4.88. The van der Waals surface area contributed by atoms with Crippen molar-refractivity contribution in [2.24, 2.45) is 0 Å². The highest BCUT2D eigenvalue weighted by Gasteiger charge is 2.15. The molecule has 4 aromatic rings. The van der Waals surface area contributed by atoms with Crippen LogP contribution in [-0.4, -0.2) is 28.3 Å². The van der Waals surface area contributed by atoms with Gasteiger partial charge in [0.05, 0.1) is 24.9 Å². The molecular formula is C23H20ClN3O3S2. The summed E-state index contributed by atoms with van der Waals surface area (Å²) in [5, 5.41) is 5.77. The minimum Gasteiger partial charge on any atom is -0.497 e. The maximum atomic E-state index is 13.1. The van der Waals surface area contributed by atoms with Crippen molar-refractivity contribution in [2.45, 2.75) is 18.6 Å². The molecule has 4 rings (SSSR count). The van der Waals surface area contributed by atoms with Crippen LogP contribution in [0.1, 0.15) is 11.1 Å². The van der Waals surface area contributed by atoms with Gasteiger partial charge in [0, 0.05) is 10.7 Å². The van der Waals surface area contributed by atoms with E-state index in [0.29, 0.717) is 32.6 Å². The largest absolute Gasteiger partial charge is 0.497 e. The maximum Gasteiger partial charge on any atom is 0.272 e. The van der Waals surface area contributed by atoms with Crippen LogP contribution in [0.5, 0.6) is 5.75 Å². The molecular weight excluding hydrogens is 466 g/mol. The molecule has 164 valence electrons. The minimum absolute atomic E-state index is 0.108. The summed E-state index contributed by atoms with van der Waals surface area (Å²) in [6.07, 6.45) is 0. The van der Waals surface area contributed by atoms with Crippen LogP contribution in [0.3, 0.4) is 0 Å². The summed E-state index contributed by atoms with van der Waals surface area (Å²) in [6.45, 7) is 2.25. The van der Waals surface area contributed by atoms with E-state index in [1.165, 1.54) is 23.1 Å². The second kappa shape index (κ2) is 9.77. The first-order valence-corrected chi connectivity index (χ1v) is 12.0. The second-order valence-electron chi connectivity index (χ2n) is 7.06. The smallest absolute Gasteiger partial charge is 0.272 e. The third-order valence-electron chi connectivity index (χ3n) is 4.84. The predicted octanol–water partition coefficient (Wildman–Crippen LogP) is 5.21. The molecule has 9 heteroatoms. The molecule has 2 aromatic carbocycles. The van der Waals surface area contributed by atoms with E-state index in [0.717, 1.165) is 16.9 Å². The number of hydrogen-bond acceptors (Lipinski definition) is 6. The van der Waals surface area contributed by atoms with E-state index < -0.39 is 0 Å². The van der Waals surface area contributed by atoms with E-state index in [1.54, 1.807) is 23.8 Å². The van der Waals surface area contributed by atoms with Crippen molar-refractivity contribution in [3.63, 3.8) is 0 Å². The van der Waals surface area contributed by atoms with Gasteiger partial charge in [-0.3, -0.25) is 14.2 Å². The van der Waals surface area contributed by atoms with Gasteiger partial charge in [0.1, 0.15) is 10.4 Å². The van der Waals surface area contributed by atoms with Gasteiger partial charge >= 0.3 is 0 Å². The first kappa shape index (κ1) is 22.4. The topological polar surface area (TPSA) is 73.2 Å². The third-order valence-corrected chi connectivity index (χ3v) is 6.94. The summed E-state index contributed by atoms with van der Waals surface area (Å²) in [5.41, 5.74) is 3.04. The number of nitrogens with one attached hydrogen (secondary N) is 1. The number of halogens is 1. The van der Waals surface area contributed by atoms with Gasteiger partial charge in [-0.2, -0.15) is 0 Å². The van der Waals surface area contributed by atoms with E-state index in [1.807, 2.05) is 48.7 Å². The lowest BCUT2D eigenvalue weighted by atomic mass is 10.2. The number of fused-ring (bicyclic) bond motifs is 1. The Morgan fingerprint density at radius 2 is 2.00 bits per heavy atom. The lowest BCUT2D eigenvalue weighted by Crippen LogP contribution is -2.24. The summed E-state index contributed by atoms with van der Waals surface area (Å²) in [5.74, 6) is 0.656. The number of benzene rings is 2. The Morgan fingerprint density at radius 3 is 2.75 bits per heavy atom. The number of thioether (sulfide) groups is 1. The van der Waals surface area contributed by atoms with Crippen molar-refractivity contribution in [3.8, 4) is 5.75 Å². The van der Waals surface area contributed by atoms with Crippen LogP contribution < -0.4 is 15.6 Å². The number of hydrogen-bond donors (Lipinski definition) is 1. The van der Waals surface area contributed by atoms with E-state index in [4.69, 9.17) is 16.3 Å². The molecule has 6 nitrogen and oxygen atoms in total. The highest BCUT2D eigenvalue weighted by atomic mass is 35.5. The van der Waals surface area contributed by atoms with Crippen LogP contribution in [0.2, 0.25) is 5.02 Å². The number of carbonyl (C=O) groups excluding carboxylic acids is 1. The summed E-state index contributed by atoms with van der Waals surface area (Å²) >= 11 is 8.64. The second-order valence-corrected chi connectivity index (χ2v) is 9.36. The normalized spacial score (nSPS) is 11.0. The van der Waals surface area contributed by atoms with Crippen molar-refractivity contribution in [2.75, 3.05) is 18.2 Å². The van der Waals surface area contributed by atoms with Crippen molar-refractivity contribution in [1.82, 2.24) is 9.55 Å². The van der Waals surface area contributed by atoms with Gasteiger partial charge in [0.15, 0.2) is 5.16 Å². The Labute approximate surface area is 198 Å². The zero-order chi connectivity index (χ0) is 22.7. The minimum atomic E-state index is -0.198. The van der Waals surface area contributed by atoms with Gasteiger partial charge in [-0.05, 0) is 53.8 Å². The number of aromatic nitrogens is 2. The van der Waals surface area contributed by atoms with Crippen LogP contribution in [0.25, 0.3) is 10.2 Å². The number of carbonyl (C=O) groups is 1. The van der Waals surface area contributed by atoms with Crippen molar-refractivity contribution in [3.05, 3.63) is 80.4 Å². The van der Waals surface area contributed by atoms with E-state index in [9.17, 15) is 9.59 Å². The molecule has 32 heavy (non-hydrogen) atoms. The quantitative estimate of drug-likeness (QED) is 0.287. The van der Waals surface area contributed by atoms with E-state index in [-0.39, 0.29) is 17.2 Å². The first-order valence-electron chi connectivity index (χ1n) is 9.74. The molecule has 0 unspecified atom stereocenters. The third kappa shape index (κ3) is 4.98. The molecule has 0 saturated carbocycles. The summed E-state index contributed by atoms with van der Waals surface area (Å²) in [4.78, 5) is 30.4.